The normalized spacial score (nSPS) is 14.5. The highest BCUT2D eigenvalue weighted by Crippen LogP contribution is 2.27. The molecule has 1 heterocycles. The molecular formula is C25H26N3O3+. The first-order chi connectivity index (χ1) is 15.1. The zero-order valence-electron chi connectivity index (χ0n) is 17.3. The van der Waals surface area contributed by atoms with Gasteiger partial charge in [-0.25, -0.2) is 0 Å². The quantitative estimate of drug-likeness (QED) is 0.496. The third-order valence-corrected chi connectivity index (χ3v) is 5.92. The first-order valence-corrected chi connectivity index (χ1v) is 10.6. The number of nitro groups is 1. The number of quaternary nitrogens is 1. The van der Waals surface area contributed by atoms with E-state index in [4.69, 9.17) is 0 Å². The molecule has 31 heavy (non-hydrogen) atoms. The minimum atomic E-state index is -0.321. The molecule has 0 saturated carbocycles. The van der Waals surface area contributed by atoms with Crippen LogP contribution in [0.3, 0.4) is 0 Å². The topological polar surface area (TPSA) is 67.9 Å². The SMILES string of the molecule is O=C(C(c1ccccc1)c1ccccc1)N1CC[NH+](Cc2ccccc2[N+](=O)[O-])CC1. The van der Waals surface area contributed by atoms with Gasteiger partial charge < -0.3 is 9.80 Å². The summed E-state index contributed by atoms with van der Waals surface area (Å²) in [5.74, 6) is -0.207. The van der Waals surface area contributed by atoms with Crippen molar-refractivity contribution < 1.29 is 14.6 Å². The molecule has 158 valence electrons. The van der Waals surface area contributed by atoms with Gasteiger partial charge in [0.2, 0.25) is 5.91 Å². The molecule has 0 spiro atoms. The van der Waals surface area contributed by atoms with Gasteiger partial charge in [-0.15, -0.1) is 0 Å². The lowest BCUT2D eigenvalue weighted by atomic mass is 9.90. The summed E-state index contributed by atoms with van der Waals surface area (Å²) < 4.78 is 0. The smallest absolute Gasteiger partial charge is 0.278 e. The number of carbonyl (C=O) groups excluding carboxylic acids is 1. The molecule has 0 atom stereocenters. The van der Waals surface area contributed by atoms with Gasteiger partial charge in [-0.05, 0) is 17.2 Å². The molecular weight excluding hydrogens is 390 g/mol. The number of amides is 1. The molecule has 3 aromatic rings. The maximum Gasteiger partial charge on any atom is 0.278 e. The van der Waals surface area contributed by atoms with Crippen molar-refractivity contribution in [2.24, 2.45) is 0 Å². The van der Waals surface area contributed by atoms with Crippen LogP contribution >= 0.6 is 0 Å². The molecule has 3 aromatic carbocycles. The van der Waals surface area contributed by atoms with E-state index in [2.05, 4.69) is 0 Å². The molecule has 6 heteroatoms. The molecule has 1 aliphatic rings. The van der Waals surface area contributed by atoms with Crippen LogP contribution < -0.4 is 4.90 Å². The Morgan fingerprint density at radius 1 is 0.871 bits per heavy atom. The Balaban J connectivity index is 1.46. The van der Waals surface area contributed by atoms with Crippen molar-refractivity contribution in [1.29, 1.82) is 0 Å². The van der Waals surface area contributed by atoms with E-state index in [-0.39, 0.29) is 22.4 Å². The fourth-order valence-electron chi connectivity index (χ4n) is 4.28. The van der Waals surface area contributed by atoms with E-state index in [1.165, 1.54) is 4.90 Å². The summed E-state index contributed by atoms with van der Waals surface area (Å²) in [6.07, 6.45) is 0. The maximum absolute atomic E-state index is 13.5. The van der Waals surface area contributed by atoms with Crippen LogP contribution in [0.4, 0.5) is 5.69 Å². The minimum Gasteiger partial charge on any atom is -0.331 e. The van der Waals surface area contributed by atoms with Crippen LogP contribution in [0, 0.1) is 10.1 Å². The highest BCUT2D eigenvalue weighted by atomic mass is 16.6. The monoisotopic (exact) mass is 416 g/mol. The lowest BCUT2D eigenvalue weighted by molar-refractivity contribution is -0.917. The van der Waals surface area contributed by atoms with Gasteiger partial charge in [-0.1, -0.05) is 72.8 Å². The van der Waals surface area contributed by atoms with Gasteiger partial charge in [0.15, 0.2) is 0 Å². The Hall–Kier alpha value is -3.51. The van der Waals surface area contributed by atoms with Crippen LogP contribution in [0.25, 0.3) is 0 Å². The number of piperazine rings is 1. The third-order valence-electron chi connectivity index (χ3n) is 5.92. The van der Waals surface area contributed by atoms with E-state index in [0.29, 0.717) is 19.6 Å². The molecule has 4 rings (SSSR count). The molecule has 0 radical (unpaired) electrons. The van der Waals surface area contributed by atoms with E-state index in [0.717, 1.165) is 29.8 Å². The number of nitrogens with zero attached hydrogens (tertiary/aromatic N) is 2. The summed E-state index contributed by atoms with van der Waals surface area (Å²) in [6, 6.07) is 26.7. The van der Waals surface area contributed by atoms with Crippen LogP contribution in [-0.4, -0.2) is 41.9 Å². The largest absolute Gasteiger partial charge is 0.331 e. The Kier molecular flexibility index (Phi) is 6.38. The number of hydrogen-bond acceptors (Lipinski definition) is 3. The summed E-state index contributed by atoms with van der Waals surface area (Å²) >= 11 is 0. The van der Waals surface area contributed by atoms with Crippen molar-refractivity contribution in [3.8, 4) is 0 Å². The average molecular weight is 417 g/mol. The Labute approximate surface area is 181 Å². The maximum atomic E-state index is 13.5. The standard InChI is InChI=1S/C25H25N3O3/c29-25(24(20-9-3-1-4-10-20)21-11-5-2-6-12-21)27-17-15-26(16-18-27)19-22-13-7-8-14-23(22)28(30)31/h1-14,24H,15-19H2/p+1. The van der Waals surface area contributed by atoms with Crippen molar-refractivity contribution in [2.45, 2.75) is 12.5 Å². The fraction of sp³-hybridized carbons (Fsp3) is 0.240. The Morgan fingerprint density at radius 2 is 1.39 bits per heavy atom. The van der Waals surface area contributed by atoms with Crippen molar-refractivity contribution in [3.63, 3.8) is 0 Å². The predicted molar refractivity (Wildman–Crippen MR) is 119 cm³/mol. The Bertz CT molecular complexity index is 993. The summed E-state index contributed by atoms with van der Waals surface area (Å²) in [4.78, 5) is 27.7. The molecule has 0 aromatic heterocycles. The summed E-state index contributed by atoms with van der Waals surface area (Å²) in [5.41, 5.74) is 2.90. The van der Waals surface area contributed by atoms with Crippen LogP contribution in [0.2, 0.25) is 0 Å². The van der Waals surface area contributed by atoms with Crippen LogP contribution in [0.5, 0.6) is 0 Å². The molecule has 1 fully saturated rings. The summed E-state index contributed by atoms with van der Waals surface area (Å²) in [6.45, 7) is 3.43. The highest BCUT2D eigenvalue weighted by molar-refractivity contribution is 5.87. The van der Waals surface area contributed by atoms with Crippen LogP contribution in [0.15, 0.2) is 84.9 Å². The number of hydrogen-bond donors (Lipinski definition) is 1. The second kappa shape index (κ2) is 9.53. The molecule has 0 unspecified atom stereocenters. The lowest BCUT2D eigenvalue weighted by Crippen LogP contribution is -3.13. The third kappa shape index (κ3) is 4.81. The predicted octanol–water partition coefficient (Wildman–Crippen LogP) is 2.65. The van der Waals surface area contributed by atoms with E-state index in [9.17, 15) is 14.9 Å². The first kappa shape index (κ1) is 20.8. The van der Waals surface area contributed by atoms with Crippen molar-refractivity contribution in [1.82, 2.24) is 4.90 Å². The molecule has 1 saturated heterocycles. The van der Waals surface area contributed by atoms with Gasteiger partial charge in [-0.3, -0.25) is 14.9 Å². The van der Waals surface area contributed by atoms with Gasteiger partial charge in [0, 0.05) is 6.07 Å². The zero-order valence-corrected chi connectivity index (χ0v) is 17.3. The molecule has 1 aliphatic heterocycles. The number of benzene rings is 3. The van der Waals surface area contributed by atoms with E-state index in [1.807, 2.05) is 77.7 Å². The number of rotatable bonds is 6. The number of nitrogens with one attached hydrogen (secondary N) is 1. The Morgan fingerprint density at radius 3 is 1.94 bits per heavy atom. The van der Waals surface area contributed by atoms with Crippen LogP contribution in [-0.2, 0) is 11.3 Å². The highest BCUT2D eigenvalue weighted by Gasteiger charge is 2.31. The van der Waals surface area contributed by atoms with Crippen molar-refractivity contribution in [2.75, 3.05) is 26.2 Å². The first-order valence-electron chi connectivity index (χ1n) is 10.6. The minimum absolute atomic E-state index is 0.113. The molecule has 0 bridgehead atoms. The number of carbonyl (C=O) groups is 1. The fourth-order valence-corrected chi connectivity index (χ4v) is 4.28. The van der Waals surface area contributed by atoms with Crippen molar-refractivity contribution in [3.05, 3.63) is 112 Å². The molecule has 6 nitrogen and oxygen atoms in total. The lowest BCUT2D eigenvalue weighted by Gasteiger charge is -2.34. The van der Waals surface area contributed by atoms with Gasteiger partial charge in [0.05, 0.1) is 42.6 Å². The average Bonchev–Trinajstić information content (AvgIpc) is 2.81. The van der Waals surface area contributed by atoms with Crippen LogP contribution in [0.1, 0.15) is 22.6 Å². The van der Waals surface area contributed by atoms with Gasteiger partial charge in [0.1, 0.15) is 6.54 Å². The molecule has 1 N–H and O–H groups in total. The summed E-state index contributed by atoms with van der Waals surface area (Å²) in [7, 11) is 0. The molecule has 1 amide bonds. The van der Waals surface area contributed by atoms with Crippen molar-refractivity contribution >= 4 is 11.6 Å². The van der Waals surface area contributed by atoms with E-state index >= 15 is 0 Å². The number of para-hydroxylation sites is 1. The van der Waals surface area contributed by atoms with Gasteiger partial charge in [0.25, 0.3) is 5.69 Å². The second-order valence-electron chi connectivity index (χ2n) is 7.89. The number of nitro benzene ring substituents is 1. The van der Waals surface area contributed by atoms with Gasteiger partial charge >= 0.3 is 0 Å². The van der Waals surface area contributed by atoms with E-state index < -0.39 is 0 Å². The zero-order chi connectivity index (χ0) is 21.6. The second-order valence-corrected chi connectivity index (χ2v) is 7.89. The van der Waals surface area contributed by atoms with E-state index in [1.54, 1.807) is 12.1 Å². The van der Waals surface area contributed by atoms with Gasteiger partial charge in [-0.2, -0.15) is 0 Å². The molecule has 0 aliphatic carbocycles. The summed E-state index contributed by atoms with van der Waals surface area (Å²) in [5, 5.41) is 11.3.